The fourth-order valence-corrected chi connectivity index (χ4v) is 2.53. The summed E-state index contributed by atoms with van der Waals surface area (Å²) >= 11 is 0. The number of aromatic nitrogens is 2. The molecule has 0 spiro atoms. The minimum Gasteiger partial charge on any atom is -0.393 e. The van der Waals surface area contributed by atoms with Gasteiger partial charge in [0.2, 0.25) is 0 Å². The van der Waals surface area contributed by atoms with Gasteiger partial charge in [-0.05, 0) is 42.3 Å². The van der Waals surface area contributed by atoms with Crippen LogP contribution in [-0.4, -0.2) is 21.2 Å². The molecule has 0 radical (unpaired) electrons. The van der Waals surface area contributed by atoms with Crippen LogP contribution < -0.4 is 0 Å². The van der Waals surface area contributed by atoms with Crippen molar-refractivity contribution in [2.45, 2.75) is 19.4 Å². The lowest BCUT2D eigenvalue weighted by atomic mass is 10.00. The molecule has 0 aliphatic carbocycles. The Morgan fingerprint density at radius 2 is 1.78 bits per heavy atom. The monoisotopic (exact) mass is 302 g/mol. The van der Waals surface area contributed by atoms with E-state index in [1.54, 1.807) is 19.1 Å². The summed E-state index contributed by atoms with van der Waals surface area (Å²) in [4.78, 5) is 7.64. The molecule has 0 aliphatic rings. The van der Waals surface area contributed by atoms with E-state index in [0.29, 0.717) is 17.5 Å². The normalized spacial score (nSPS) is 11.8. The van der Waals surface area contributed by atoms with Crippen molar-refractivity contribution >= 4 is 11.0 Å². The number of fused-ring (bicyclic) bond motifs is 1. The summed E-state index contributed by atoms with van der Waals surface area (Å²) in [7, 11) is 0. The van der Waals surface area contributed by atoms with E-state index in [9.17, 15) is 5.11 Å². The number of hydrogen-bond acceptors (Lipinski definition) is 4. The van der Waals surface area contributed by atoms with Crippen molar-refractivity contribution in [1.82, 2.24) is 9.97 Å². The van der Waals surface area contributed by atoms with Gasteiger partial charge < -0.3 is 10.1 Å². The Morgan fingerprint density at radius 1 is 1.09 bits per heavy atom. The Labute approximate surface area is 133 Å². The molecule has 5 nitrogen and oxygen atoms in total. The number of rotatable bonds is 3. The molecular weight excluding hydrogens is 288 g/mol. The van der Waals surface area contributed by atoms with Gasteiger partial charge in [0.15, 0.2) is 0 Å². The van der Waals surface area contributed by atoms with E-state index in [4.69, 9.17) is 10.5 Å². The molecule has 0 fully saturated rings. The van der Waals surface area contributed by atoms with E-state index < -0.39 is 6.10 Å². The van der Waals surface area contributed by atoms with E-state index in [2.05, 4.69) is 9.97 Å². The first-order chi connectivity index (χ1) is 11.1. The van der Waals surface area contributed by atoms with Crippen LogP contribution in [0.1, 0.15) is 23.9 Å². The zero-order valence-corrected chi connectivity index (χ0v) is 12.5. The van der Waals surface area contributed by atoms with Gasteiger partial charge in [0, 0.05) is 6.42 Å². The molecule has 0 aliphatic heterocycles. The largest absolute Gasteiger partial charge is 0.393 e. The van der Waals surface area contributed by atoms with Gasteiger partial charge in [-0.15, -0.1) is 0 Å². The number of nitrogens with one attached hydrogen (secondary N) is 1. The van der Waals surface area contributed by atoms with Crippen LogP contribution in [0.3, 0.4) is 0 Å². The Morgan fingerprint density at radius 3 is 2.48 bits per heavy atom. The average molecular weight is 302 g/mol. The summed E-state index contributed by atoms with van der Waals surface area (Å²) < 4.78 is 0. The predicted octanol–water partition coefficient (Wildman–Crippen LogP) is 2.90. The number of benzene rings is 2. The van der Waals surface area contributed by atoms with Gasteiger partial charge in [-0.2, -0.15) is 10.5 Å². The Hall–Kier alpha value is -3.15. The molecule has 0 amide bonds. The fraction of sp³-hybridized carbons (Fsp3) is 0.167. The topological polar surface area (TPSA) is 96.5 Å². The van der Waals surface area contributed by atoms with Gasteiger partial charge in [0.25, 0.3) is 0 Å². The third-order valence-corrected chi connectivity index (χ3v) is 3.61. The van der Waals surface area contributed by atoms with Gasteiger partial charge in [-0.25, -0.2) is 4.98 Å². The molecule has 2 N–H and O–H groups in total. The molecule has 1 atom stereocenters. The van der Waals surface area contributed by atoms with Gasteiger partial charge in [-0.1, -0.05) is 12.1 Å². The van der Waals surface area contributed by atoms with E-state index in [-0.39, 0.29) is 0 Å². The predicted molar refractivity (Wildman–Crippen MR) is 86.3 cm³/mol. The minimum absolute atomic E-state index is 0.365. The molecule has 0 bridgehead atoms. The fourth-order valence-electron chi connectivity index (χ4n) is 2.53. The van der Waals surface area contributed by atoms with E-state index in [1.807, 2.05) is 36.4 Å². The molecule has 3 aromatic rings. The molecule has 5 heteroatoms. The van der Waals surface area contributed by atoms with Crippen LogP contribution in [0, 0.1) is 22.7 Å². The molecule has 112 valence electrons. The van der Waals surface area contributed by atoms with Crippen molar-refractivity contribution in [2.75, 3.05) is 0 Å². The Bertz CT molecular complexity index is 957. The smallest absolute Gasteiger partial charge is 0.109 e. The van der Waals surface area contributed by atoms with Crippen LogP contribution in [0.15, 0.2) is 36.4 Å². The zero-order chi connectivity index (χ0) is 16.4. The van der Waals surface area contributed by atoms with Crippen molar-refractivity contribution in [3.8, 4) is 23.3 Å². The van der Waals surface area contributed by atoms with Crippen molar-refractivity contribution < 1.29 is 5.11 Å². The lowest BCUT2D eigenvalue weighted by Gasteiger charge is -2.03. The molecule has 1 unspecified atom stereocenters. The number of aliphatic hydroxyl groups excluding tert-OH is 1. The third-order valence-electron chi connectivity index (χ3n) is 3.61. The summed E-state index contributed by atoms with van der Waals surface area (Å²) in [5, 5.41) is 27.6. The summed E-state index contributed by atoms with van der Waals surface area (Å²) in [5.74, 6) is 0.740. The molecule has 1 heterocycles. The first-order valence-electron chi connectivity index (χ1n) is 7.22. The van der Waals surface area contributed by atoms with Gasteiger partial charge in [0.1, 0.15) is 18.0 Å². The van der Waals surface area contributed by atoms with Crippen LogP contribution in [0.4, 0.5) is 0 Å². The summed E-state index contributed by atoms with van der Waals surface area (Å²) in [6, 6.07) is 15.0. The Kier molecular flexibility index (Phi) is 3.80. The summed E-state index contributed by atoms with van der Waals surface area (Å²) in [5.41, 5.74) is 4.25. The molecule has 0 saturated carbocycles. The maximum atomic E-state index is 9.45. The summed E-state index contributed by atoms with van der Waals surface area (Å²) in [6.07, 6.45) is 0.0196. The lowest BCUT2D eigenvalue weighted by Crippen LogP contribution is -2.05. The van der Waals surface area contributed by atoms with Crippen molar-refractivity contribution in [2.24, 2.45) is 0 Å². The number of aliphatic hydroxyl groups is 1. The molecule has 3 rings (SSSR count). The number of H-pyrrole nitrogens is 1. The Balaban J connectivity index is 2.04. The van der Waals surface area contributed by atoms with Crippen LogP contribution in [-0.2, 0) is 6.42 Å². The highest BCUT2D eigenvalue weighted by molar-refractivity contribution is 5.82. The second kappa shape index (κ2) is 5.92. The number of imidazole rings is 1. The third kappa shape index (κ3) is 2.91. The summed E-state index contributed by atoms with van der Waals surface area (Å²) in [6.45, 7) is 1.72. The van der Waals surface area contributed by atoms with Crippen LogP contribution in [0.5, 0.6) is 0 Å². The van der Waals surface area contributed by atoms with Crippen LogP contribution in [0.2, 0.25) is 0 Å². The number of hydrogen-bond donors (Lipinski definition) is 2. The second-order valence-corrected chi connectivity index (χ2v) is 5.45. The highest BCUT2D eigenvalue weighted by Gasteiger charge is 2.09. The maximum absolute atomic E-state index is 9.45. The van der Waals surface area contributed by atoms with Gasteiger partial charge >= 0.3 is 0 Å². The standard InChI is InChI=1S/C18H14N4O/c1-11(23)6-18-21-16-5-4-13(8-17(16)22-18)12-2-3-14(9-19)15(7-12)10-20/h2-5,7-8,11,23H,6H2,1H3,(H,21,22). The molecular formula is C18H14N4O. The highest BCUT2D eigenvalue weighted by Crippen LogP contribution is 2.25. The van der Waals surface area contributed by atoms with Crippen LogP contribution in [0.25, 0.3) is 22.2 Å². The first kappa shape index (κ1) is 14.8. The number of nitriles is 2. The van der Waals surface area contributed by atoms with E-state index in [0.717, 1.165) is 28.0 Å². The average Bonchev–Trinajstić information content (AvgIpc) is 2.94. The van der Waals surface area contributed by atoms with Crippen molar-refractivity contribution in [1.29, 1.82) is 10.5 Å². The van der Waals surface area contributed by atoms with Gasteiger partial charge in [0.05, 0.1) is 28.3 Å². The molecule has 2 aromatic carbocycles. The van der Waals surface area contributed by atoms with Crippen molar-refractivity contribution in [3.63, 3.8) is 0 Å². The molecule has 1 aromatic heterocycles. The van der Waals surface area contributed by atoms with Gasteiger partial charge in [-0.3, -0.25) is 0 Å². The quantitative estimate of drug-likeness (QED) is 0.777. The van der Waals surface area contributed by atoms with E-state index in [1.165, 1.54) is 0 Å². The number of nitrogens with zero attached hydrogens (tertiary/aromatic N) is 3. The highest BCUT2D eigenvalue weighted by atomic mass is 16.3. The van der Waals surface area contributed by atoms with Crippen LogP contribution >= 0.6 is 0 Å². The van der Waals surface area contributed by atoms with E-state index >= 15 is 0 Å². The second-order valence-electron chi connectivity index (χ2n) is 5.45. The SMILES string of the molecule is CC(O)Cc1nc2ccc(-c3ccc(C#N)c(C#N)c3)cc2[nH]1. The maximum Gasteiger partial charge on any atom is 0.109 e. The first-order valence-corrected chi connectivity index (χ1v) is 7.22. The molecule has 0 saturated heterocycles. The van der Waals surface area contributed by atoms with Crippen molar-refractivity contribution in [3.05, 3.63) is 53.3 Å². The molecule has 23 heavy (non-hydrogen) atoms. The zero-order valence-electron chi connectivity index (χ0n) is 12.5. The number of aromatic amines is 1. The lowest BCUT2D eigenvalue weighted by molar-refractivity contribution is 0.193. The minimum atomic E-state index is -0.452.